The van der Waals surface area contributed by atoms with Crippen molar-refractivity contribution in [2.45, 2.75) is 0 Å². The van der Waals surface area contributed by atoms with Crippen LogP contribution in [-0.4, -0.2) is 0 Å². The van der Waals surface area contributed by atoms with Crippen LogP contribution < -0.4 is 0 Å². The summed E-state index contributed by atoms with van der Waals surface area (Å²) in [6, 6.07) is 33.4. The Hall–Kier alpha value is -3.20. The topological polar surface area (TPSA) is 0 Å². The number of rotatable bonds is 1. The first-order valence-corrected chi connectivity index (χ1v) is 11.8. The Morgan fingerprint density at radius 2 is 1.17 bits per heavy atom. The molecule has 0 aliphatic rings. The molecule has 0 amide bonds. The molecule has 30 heavy (non-hydrogen) atoms. The van der Waals surface area contributed by atoms with Crippen LogP contribution in [0.2, 0.25) is 0 Å². The summed E-state index contributed by atoms with van der Waals surface area (Å²) in [4.78, 5) is 0. The standard InChI is InChI=1S/C28H16S2/c1-2-8-18-14-22-19(13-17(18)7-1)15-23-20-9-4-6-12-26(20)30-28(23)27(22)24-16-29-25-11-5-3-10-21(24)25/h1-16H. The third-order valence-electron chi connectivity index (χ3n) is 6.10. The molecule has 0 unspecified atom stereocenters. The zero-order valence-corrected chi connectivity index (χ0v) is 17.7. The minimum Gasteiger partial charge on any atom is -0.143 e. The van der Waals surface area contributed by atoms with Crippen molar-refractivity contribution in [2.24, 2.45) is 0 Å². The molecule has 7 rings (SSSR count). The molecule has 0 atom stereocenters. The van der Waals surface area contributed by atoms with E-state index in [-0.39, 0.29) is 0 Å². The van der Waals surface area contributed by atoms with Crippen LogP contribution in [0.15, 0.2) is 96.4 Å². The van der Waals surface area contributed by atoms with Crippen LogP contribution in [-0.2, 0) is 0 Å². The Balaban J connectivity index is 1.75. The first-order valence-electron chi connectivity index (χ1n) is 10.1. The molecule has 0 fully saturated rings. The molecule has 7 aromatic rings. The summed E-state index contributed by atoms with van der Waals surface area (Å²) in [5.41, 5.74) is 2.74. The fraction of sp³-hybridized carbons (Fsp3) is 0. The van der Waals surface area contributed by atoms with Crippen LogP contribution in [0.25, 0.3) is 62.9 Å². The molecule has 0 saturated heterocycles. The molecular weight excluding hydrogens is 400 g/mol. The largest absolute Gasteiger partial charge is 0.143 e. The van der Waals surface area contributed by atoms with Crippen molar-refractivity contribution in [1.82, 2.24) is 0 Å². The first kappa shape index (κ1) is 16.6. The van der Waals surface area contributed by atoms with Gasteiger partial charge in [0.05, 0.1) is 0 Å². The van der Waals surface area contributed by atoms with Crippen molar-refractivity contribution in [3.05, 3.63) is 96.4 Å². The van der Waals surface area contributed by atoms with E-state index in [4.69, 9.17) is 0 Å². The minimum absolute atomic E-state index is 1.30. The zero-order valence-electron chi connectivity index (χ0n) is 16.1. The van der Waals surface area contributed by atoms with Gasteiger partial charge in [0.1, 0.15) is 0 Å². The summed E-state index contributed by atoms with van der Waals surface area (Å²) in [5, 5.41) is 11.7. The van der Waals surface area contributed by atoms with Crippen molar-refractivity contribution in [1.29, 1.82) is 0 Å². The van der Waals surface area contributed by atoms with Gasteiger partial charge >= 0.3 is 0 Å². The monoisotopic (exact) mass is 416 g/mol. The van der Waals surface area contributed by atoms with E-state index < -0.39 is 0 Å². The van der Waals surface area contributed by atoms with Crippen LogP contribution >= 0.6 is 22.7 Å². The van der Waals surface area contributed by atoms with Crippen molar-refractivity contribution in [3.63, 3.8) is 0 Å². The molecule has 5 aromatic carbocycles. The van der Waals surface area contributed by atoms with Crippen molar-refractivity contribution in [2.75, 3.05) is 0 Å². The molecule has 0 nitrogen and oxygen atoms in total. The first-order chi connectivity index (χ1) is 14.9. The second kappa shape index (κ2) is 6.15. The van der Waals surface area contributed by atoms with Gasteiger partial charge in [-0.15, -0.1) is 22.7 Å². The van der Waals surface area contributed by atoms with Crippen LogP contribution in [0.3, 0.4) is 0 Å². The molecule has 0 bridgehead atoms. The number of benzene rings is 5. The second-order valence-corrected chi connectivity index (χ2v) is 9.76. The van der Waals surface area contributed by atoms with Gasteiger partial charge in [-0.2, -0.15) is 0 Å². The predicted molar refractivity (Wildman–Crippen MR) is 135 cm³/mol. The number of fused-ring (bicyclic) bond motifs is 6. The van der Waals surface area contributed by atoms with E-state index >= 15 is 0 Å². The lowest BCUT2D eigenvalue weighted by Crippen LogP contribution is -1.83. The van der Waals surface area contributed by atoms with Gasteiger partial charge in [-0.3, -0.25) is 0 Å². The molecule has 2 heteroatoms. The average Bonchev–Trinajstić information content (AvgIpc) is 3.38. The van der Waals surface area contributed by atoms with Gasteiger partial charge in [-0.05, 0) is 57.3 Å². The quantitative estimate of drug-likeness (QED) is 0.234. The molecule has 0 N–H and O–H groups in total. The van der Waals surface area contributed by atoms with E-state index in [0.29, 0.717) is 0 Å². The van der Waals surface area contributed by atoms with Crippen LogP contribution in [0, 0.1) is 0 Å². The highest BCUT2D eigenvalue weighted by Gasteiger charge is 2.17. The van der Waals surface area contributed by atoms with Gasteiger partial charge < -0.3 is 0 Å². The van der Waals surface area contributed by atoms with E-state index in [1.165, 1.54) is 62.9 Å². The van der Waals surface area contributed by atoms with Gasteiger partial charge in [0.2, 0.25) is 0 Å². The van der Waals surface area contributed by atoms with Crippen molar-refractivity contribution >= 4 is 74.5 Å². The van der Waals surface area contributed by atoms with E-state index in [9.17, 15) is 0 Å². The molecular formula is C28H16S2. The summed E-state index contributed by atoms with van der Waals surface area (Å²) in [7, 11) is 0. The summed E-state index contributed by atoms with van der Waals surface area (Å²) in [6.45, 7) is 0. The number of hydrogen-bond acceptors (Lipinski definition) is 2. The van der Waals surface area contributed by atoms with Gasteiger partial charge in [-0.25, -0.2) is 0 Å². The number of thiophene rings is 2. The lowest BCUT2D eigenvalue weighted by molar-refractivity contribution is 1.79. The smallest absolute Gasteiger partial charge is 0.0440 e. The summed E-state index contributed by atoms with van der Waals surface area (Å²) < 4.78 is 4.09. The molecule has 0 aliphatic carbocycles. The summed E-state index contributed by atoms with van der Waals surface area (Å²) >= 11 is 3.76. The molecule has 0 aliphatic heterocycles. The van der Waals surface area contributed by atoms with Gasteiger partial charge in [0.15, 0.2) is 0 Å². The molecule has 140 valence electrons. The normalized spacial score (nSPS) is 12.0. The van der Waals surface area contributed by atoms with Crippen LogP contribution in [0.1, 0.15) is 0 Å². The third-order valence-corrected chi connectivity index (χ3v) is 8.27. The lowest BCUT2D eigenvalue weighted by atomic mass is 9.93. The van der Waals surface area contributed by atoms with Gasteiger partial charge in [-0.1, -0.05) is 60.7 Å². The van der Waals surface area contributed by atoms with E-state index in [1.54, 1.807) is 0 Å². The Kier molecular flexibility index (Phi) is 3.40. The van der Waals surface area contributed by atoms with Crippen molar-refractivity contribution < 1.29 is 0 Å². The molecule has 2 aromatic heterocycles. The van der Waals surface area contributed by atoms with E-state index in [1.807, 2.05) is 22.7 Å². The van der Waals surface area contributed by atoms with Crippen LogP contribution in [0.5, 0.6) is 0 Å². The SMILES string of the molecule is c1ccc2cc3c(-c4csc5ccccc45)c4sc5ccccc5c4cc3cc2c1. The molecule has 0 saturated carbocycles. The highest BCUT2D eigenvalue weighted by Crippen LogP contribution is 2.47. The van der Waals surface area contributed by atoms with Crippen molar-refractivity contribution in [3.8, 4) is 11.1 Å². The Morgan fingerprint density at radius 1 is 0.500 bits per heavy atom. The lowest BCUT2D eigenvalue weighted by Gasteiger charge is -2.11. The van der Waals surface area contributed by atoms with E-state index in [0.717, 1.165) is 0 Å². The zero-order chi connectivity index (χ0) is 19.7. The van der Waals surface area contributed by atoms with E-state index in [2.05, 4.69) is 96.4 Å². The average molecular weight is 417 g/mol. The summed E-state index contributed by atoms with van der Waals surface area (Å²) in [6.07, 6.45) is 0. The van der Waals surface area contributed by atoms with Crippen LogP contribution in [0.4, 0.5) is 0 Å². The Morgan fingerprint density at radius 3 is 2.03 bits per heavy atom. The summed E-state index contributed by atoms with van der Waals surface area (Å²) in [5.74, 6) is 0. The minimum atomic E-state index is 1.30. The maximum atomic E-state index is 2.40. The fourth-order valence-electron chi connectivity index (χ4n) is 4.70. The van der Waals surface area contributed by atoms with Gasteiger partial charge in [0, 0.05) is 41.4 Å². The second-order valence-electron chi connectivity index (χ2n) is 7.79. The fourth-order valence-corrected chi connectivity index (χ4v) is 6.91. The maximum Gasteiger partial charge on any atom is 0.0440 e. The Labute approximate surface area is 181 Å². The molecule has 0 spiro atoms. The molecule has 2 heterocycles. The van der Waals surface area contributed by atoms with Gasteiger partial charge in [0.25, 0.3) is 0 Å². The number of hydrogen-bond donors (Lipinski definition) is 0. The maximum absolute atomic E-state index is 2.40. The third kappa shape index (κ3) is 2.26. The predicted octanol–water partition coefficient (Wildman–Crippen LogP) is 9.24. The highest BCUT2D eigenvalue weighted by molar-refractivity contribution is 7.26. The Bertz CT molecular complexity index is 1740. The molecule has 0 radical (unpaired) electrons. The highest BCUT2D eigenvalue weighted by atomic mass is 32.1.